The van der Waals surface area contributed by atoms with Crippen molar-refractivity contribution in [1.29, 1.82) is 0 Å². The van der Waals surface area contributed by atoms with Crippen LogP contribution in [0, 0.1) is 0 Å². The molecule has 0 fully saturated rings. The molecule has 0 saturated carbocycles. The molecule has 0 amide bonds. The first-order valence-electron chi connectivity index (χ1n) is 2.00. The first-order chi connectivity index (χ1) is 3.39. The van der Waals surface area contributed by atoms with E-state index >= 15 is 0 Å². The molecule has 7 heavy (non-hydrogen) atoms. The lowest BCUT2D eigenvalue weighted by atomic mass is 10.7. The second-order valence-corrected chi connectivity index (χ2v) is 2.35. The molecule has 1 rings (SSSR count). The Labute approximate surface area is 46.8 Å². The molecule has 2 heteroatoms. The Morgan fingerprint density at radius 1 is 1.86 bits per heavy atom. The van der Waals surface area contributed by atoms with Crippen LogP contribution in [-0.2, 0) is 0 Å². The summed E-state index contributed by atoms with van der Waals surface area (Å²) in [5.41, 5.74) is 0. The summed E-state index contributed by atoms with van der Waals surface area (Å²) in [4.78, 5) is 4.99. The van der Waals surface area contributed by atoms with E-state index in [-0.39, 0.29) is 0 Å². The lowest BCUT2D eigenvalue weighted by Gasteiger charge is -1.90. The Morgan fingerprint density at radius 2 is 2.71 bits per heavy atom. The Morgan fingerprint density at radius 3 is 3.00 bits per heavy atom. The maximum atomic E-state index is 3.77. The van der Waals surface area contributed by atoms with E-state index in [4.69, 9.17) is 0 Å². The van der Waals surface area contributed by atoms with Crippen LogP contribution < -0.4 is 0 Å². The van der Waals surface area contributed by atoms with E-state index in [9.17, 15) is 0 Å². The van der Waals surface area contributed by atoms with E-state index < -0.39 is 0 Å². The molecule has 0 atom stereocenters. The quantitative estimate of drug-likeness (QED) is 0.464. The van der Waals surface area contributed by atoms with Crippen molar-refractivity contribution < 1.29 is 0 Å². The third-order valence-electron chi connectivity index (χ3n) is 0.618. The van der Waals surface area contributed by atoms with Crippen molar-refractivity contribution in [3.05, 3.63) is 16.5 Å². The monoisotopic (exact) mass is 111 g/mol. The van der Waals surface area contributed by atoms with Gasteiger partial charge in [0, 0.05) is 16.5 Å². The SMILES string of the molecule is CC1=CN=C=CS1. The Bertz CT molecular complexity index is 151. The van der Waals surface area contributed by atoms with Gasteiger partial charge in [0.2, 0.25) is 0 Å². The molecule has 0 unspecified atom stereocenters. The van der Waals surface area contributed by atoms with Crippen LogP contribution in [0.15, 0.2) is 21.5 Å². The summed E-state index contributed by atoms with van der Waals surface area (Å²) in [6.07, 6.45) is 1.80. The number of thioether (sulfide) groups is 1. The van der Waals surface area contributed by atoms with Gasteiger partial charge in [-0.25, -0.2) is 4.99 Å². The average molecular weight is 111 g/mol. The van der Waals surface area contributed by atoms with Crippen LogP contribution in [0.3, 0.4) is 0 Å². The van der Waals surface area contributed by atoms with Crippen molar-refractivity contribution in [3.8, 4) is 0 Å². The second kappa shape index (κ2) is 2.01. The number of allylic oxidation sites excluding steroid dienone is 1. The van der Waals surface area contributed by atoms with Gasteiger partial charge in [0.15, 0.2) is 0 Å². The highest BCUT2D eigenvalue weighted by Gasteiger charge is 1.85. The zero-order chi connectivity index (χ0) is 5.11. The van der Waals surface area contributed by atoms with E-state index in [1.807, 2.05) is 12.3 Å². The molecular weight excluding hydrogens is 106 g/mol. The van der Waals surface area contributed by atoms with Crippen LogP contribution in [0.4, 0.5) is 0 Å². The van der Waals surface area contributed by atoms with Gasteiger partial charge in [-0.05, 0) is 12.8 Å². The van der Waals surface area contributed by atoms with Crippen molar-refractivity contribution in [2.24, 2.45) is 4.99 Å². The van der Waals surface area contributed by atoms with Gasteiger partial charge >= 0.3 is 0 Å². The van der Waals surface area contributed by atoms with Crippen molar-refractivity contribution >= 4 is 17.6 Å². The molecule has 0 aromatic rings. The maximum Gasteiger partial charge on any atom is 0.0464 e. The number of hydrogen-bond donors (Lipinski definition) is 0. The minimum atomic E-state index is 1.22. The van der Waals surface area contributed by atoms with Crippen LogP contribution in [-0.4, -0.2) is 5.87 Å². The molecule has 0 radical (unpaired) electrons. The normalized spacial score (nSPS) is 17.0. The summed E-state index contributed by atoms with van der Waals surface area (Å²) in [5, 5.41) is 1.84. The summed E-state index contributed by atoms with van der Waals surface area (Å²) in [6, 6.07) is 0. The molecule has 0 aliphatic carbocycles. The van der Waals surface area contributed by atoms with E-state index in [1.54, 1.807) is 18.0 Å². The molecule has 36 valence electrons. The van der Waals surface area contributed by atoms with Crippen molar-refractivity contribution in [1.82, 2.24) is 0 Å². The highest BCUT2D eigenvalue weighted by molar-refractivity contribution is 8.06. The molecule has 1 aliphatic rings. The van der Waals surface area contributed by atoms with E-state index in [0.717, 1.165) is 0 Å². The Balaban J connectivity index is 2.77. The van der Waals surface area contributed by atoms with Gasteiger partial charge in [0.25, 0.3) is 0 Å². The van der Waals surface area contributed by atoms with Gasteiger partial charge in [-0.15, -0.1) is 0 Å². The van der Waals surface area contributed by atoms with Gasteiger partial charge in [0.05, 0.1) is 0 Å². The smallest absolute Gasteiger partial charge is 0.0464 e. The zero-order valence-electron chi connectivity index (χ0n) is 4.01. The fourth-order valence-electron chi connectivity index (χ4n) is 0.308. The first-order valence-corrected chi connectivity index (χ1v) is 2.88. The molecule has 1 heterocycles. The summed E-state index contributed by atoms with van der Waals surface area (Å²) >= 11 is 1.65. The molecule has 0 bridgehead atoms. The summed E-state index contributed by atoms with van der Waals surface area (Å²) in [5.74, 6) is 2.70. The minimum Gasteiger partial charge on any atom is -0.213 e. The van der Waals surface area contributed by atoms with E-state index in [1.165, 1.54) is 4.91 Å². The summed E-state index contributed by atoms with van der Waals surface area (Å²) in [6.45, 7) is 2.02. The second-order valence-electron chi connectivity index (χ2n) is 1.23. The standard InChI is InChI=1S/C5H5NS/c1-5-4-6-2-3-7-5/h3-4H,1H3. The number of aliphatic imine (C=N–C) groups is 1. The minimum absolute atomic E-state index is 1.22. The van der Waals surface area contributed by atoms with Crippen LogP contribution in [0.1, 0.15) is 6.92 Å². The highest BCUT2D eigenvalue weighted by Crippen LogP contribution is 2.15. The van der Waals surface area contributed by atoms with Crippen LogP contribution in [0.5, 0.6) is 0 Å². The Kier molecular flexibility index (Phi) is 1.35. The number of rotatable bonds is 0. The fraction of sp³-hybridized carbons (Fsp3) is 0.200. The summed E-state index contributed by atoms with van der Waals surface area (Å²) < 4.78 is 0. The fourth-order valence-corrected chi connectivity index (χ4v) is 0.721. The predicted molar refractivity (Wildman–Crippen MR) is 33.4 cm³/mol. The maximum absolute atomic E-state index is 3.77. The lowest BCUT2D eigenvalue weighted by molar-refractivity contribution is 1.52. The molecular formula is C5H5NS. The third-order valence-corrected chi connectivity index (χ3v) is 1.32. The molecule has 0 aromatic carbocycles. The van der Waals surface area contributed by atoms with E-state index in [0.29, 0.717) is 0 Å². The van der Waals surface area contributed by atoms with Crippen LogP contribution in [0.25, 0.3) is 0 Å². The zero-order valence-corrected chi connectivity index (χ0v) is 4.83. The van der Waals surface area contributed by atoms with E-state index in [2.05, 4.69) is 10.9 Å². The lowest BCUT2D eigenvalue weighted by Crippen LogP contribution is -1.66. The molecule has 1 aliphatic heterocycles. The van der Waals surface area contributed by atoms with Gasteiger partial charge in [0.1, 0.15) is 0 Å². The largest absolute Gasteiger partial charge is 0.213 e. The molecule has 0 aromatic heterocycles. The van der Waals surface area contributed by atoms with Gasteiger partial charge in [-0.1, -0.05) is 11.8 Å². The van der Waals surface area contributed by atoms with Crippen molar-refractivity contribution in [2.45, 2.75) is 6.92 Å². The first kappa shape index (κ1) is 4.69. The van der Waals surface area contributed by atoms with Crippen molar-refractivity contribution in [2.75, 3.05) is 0 Å². The molecule has 0 saturated heterocycles. The third kappa shape index (κ3) is 1.22. The topological polar surface area (TPSA) is 12.4 Å². The van der Waals surface area contributed by atoms with Crippen LogP contribution >= 0.6 is 11.8 Å². The van der Waals surface area contributed by atoms with Crippen LogP contribution in [0.2, 0.25) is 0 Å². The van der Waals surface area contributed by atoms with Gasteiger partial charge < -0.3 is 0 Å². The number of nitrogens with zero attached hydrogens (tertiary/aromatic N) is 1. The predicted octanol–water partition coefficient (Wildman–Crippen LogP) is 1.78. The molecule has 0 spiro atoms. The molecule has 0 N–H and O–H groups in total. The van der Waals surface area contributed by atoms with Gasteiger partial charge in [-0.2, -0.15) is 0 Å². The Hall–Kier alpha value is -0.460. The van der Waals surface area contributed by atoms with Gasteiger partial charge in [-0.3, -0.25) is 0 Å². The highest BCUT2D eigenvalue weighted by atomic mass is 32.2. The average Bonchev–Trinajstić information content (AvgIpc) is 1.69. The molecule has 1 nitrogen and oxygen atoms in total. The van der Waals surface area contributed by atoms with Crippen molar-refractivity contribution in [3.63, 3.8) is 0 Å². The summed E-state index contributed by atoms with van der Waals surface area (Å²) in [7, 11) is 0. The number of hydrogen-bond acceptors (Lipinski definition) is 2.